The van der Waals surface area contributed by atoms with Crippen LogP contribution in [-0.2, 0) is 26.0 Å². The number of rotatable bonds is 8. The van der Waals surface area contributed by atoms with Crippen molar-refractivity contribution in [3.8, 4) is 0 Å². The van der Waals surface area contributed by atoms with Gasteiger partial charge in [-0.25, -0.2) is 13.2 Å². The van der Waals surface area contributed by atoms with Crippen molar-refractivity contribution in [3.05, 3.63) is 22.5 Å². The summed E-state index contributed by atoms with van der Waals surface area (Å²) in [5.41, 5.74) is 2.72. The van der Waals surface area contributed by atoms with Crippen molar-refractivity contribution in [1.29, 1.82) is 0 Å². The number of nitrogens with zero attached hydrogens (tertiary/aromatic N) is 1. The van der Waals surface area contributed by atoms with Crippen molar-refractivity contribution in [2.75, 3.05) is 25.5 Å². The summed E-state index contributed by atoms with van der Waals surface area (Å²) in [4.78, 5) is 15.1. The number of carbonyl (C=O) groups excluding carboxylic acids is 1. The predicted molar refractivity (Wildman–Crippen MR) is 95.1 cm³/mol. The Labute approximate surface area is 149 Å². The van der Waals surface area contributed by atoms with E-state index in [0.29, 0.717) is 25.5 Å². The first kappa shape index (κ1) is 19.9. The summed E-state index contributed by atoms with van der Waals surface area (Å²) in [7, 11) is -3.38. The van der Waals surface area contributed by atoms with Gasteiger partial charge in [0.15, 0.2) is 0 Å². The lowest BCUT2D eigenvalue weighted by molar-refractivity contribution is 0.0519. The summed E-state index contributed by atoms with van der Waals surface area (Å²) in [6, 6.07) is 0. The number of ether oxygens (including phenoxy) is 2. The number of esters is 1. The molecule has 1 atom stereocenters. The van der Waals surface area contributed by atoms with E-state index in [4.69, 9.17) is 9.47 Å². The molecule has 1 fully saturated rings. The van der Waals surface area contributed by atoms with Crippen LogP contribution in [0.2, 0.25) is 0 Å². The van der Waals surface area contributed by atoms with Gasteiger partial charge < -0.3 is 14.5 Å². The molecule has 0 bridgehead atoms. The summed E-state index contributed by atoms with van der Waals surface area (Å²) >= 11 is 0. The summed E-state index contributed by atoms with van der Waals surface area (Å²) in [6.07, 6.45) is 1.76. The molecule has 1 aromatic rings. The maximum atomic E-state index is 12.5. The van der Waals surface area contributed by atoms with Gasteiger partial charge in [0.05, 0.1) is 18.5 Å². The second kappa shape index (κ2) is 8.33. The molecule has 0 saturated carbocycles. The SMILES string of the molecule is CCOC(=O)c1[nH]c(C)c(CN(C[C@H]2CCCO2)S(=O)(=O)CC)c1C. The Morgan fingerprint density at radius 3 is 2.64 bits per heavy atom. The highest BCUT2D eigenvalue weighted by atomic mass is 32.2. The zero-order chi connectivity index (χ0) is 18.6. The van der Waals surface area contributed by atoms with Gasteiger partial charge in [0, 0.05) is 25.4 Å². The Morgan fingerprint density at radius 2 is 2.08 bits per heavy atom. The maximum Gasteiger partial charge on any atom is 0.355 e. The summed E-state index contributed by atoms with van der Waals surface area (Å²) in [6.45, 7) is 8.58. The third-order valence-electron chi connectivity index (χ3n) is 4.60. The summed E-state index contributed by atoms with van der Waals surface area (Å²) in [5.74, 6) is -0.383. The van der Waals surface area contributed by atoms with Gasteiger partial charge in [-0.3, -0.25) is 0 Å². The Bertz CT molecular complexity index is 705. The average Bonchev–Trinajstić information content (AvgIpc) is 3.17. The van der Waals surface area contributed by atoms with Crippen molar-refractivity contribution in [3.63, 3.8) is 0 Å². The van der Waals surface area contributed by atoms with E-state index in [9.17, 15) is 13.2 Å². The van der Waals surface area contributed by atoms with Crippen LogP contribution in [0.3, 0.4) is 0 Å². The first-order chi connectivity index (χ1) is 11.8. The number of aromatic amines is 1. The molecular formula is C17H28N2O5S. The lowest BCUT2D eigenvalue weighted by atomic mass is 10.1. The van der Waals surface area contributed by atoms with Gasteiger partial charge in [0.25, 0.3) is 0 Å². The van der Waals surface area contributed by atoms with Crippen LogP contribution in [0, 0.1) is 13.8 Å². The van der Waals surface area contributed by atoms with Crippen molar-refractivity contribution in [1.82, 2.24) is 9.29 Å². The highest BCUT2D eigenvalue weighted by Crippen LogP contribution is 2.24. The number of H-pyrrole nitrogens is 1. The maximum absolute atomic E-state index is 12.5. The van der Waals surface area contributed by atoms with E-state index in [1.54, 1.807) is 13.8 Å². The van der Waals surface area contributed by atoms with E-state index in [0.717, 1.165) is 29.7 Å². The molecule has 1 aromatic heterocycles. The molecule has 1 saturated heterocycles. The molecule has 8 heteroatoms. The quantitative estimate of drug-likeness (QED) is 0.706. The van der Waals surface area contributed by atoms with Crippen LogP contribution in [0.1, 0.15) is 54.0 Å². The molecule has 0 radical (unpaired) electrons. The second-order valence-electron chi connectivity index (χ2n) is 6.28. The van der Waals surface area contributed by atoms with Gasteiger partial charge in [0.2, 0.25) is 10.0 Å². The lowest BCUT2D eigenvalue weighted by Gasteiger charge is -2.24. The van der Waals surface area contributed by atoms with Gasteiger partial charge in [0.1, 0.15) is 5.69 Å². The van der Waals surface area contributed by atoms with E-state index >= 15 is 0 Å². The number of hydrogen-bond acceptors (Lipinski definition) is 5. The zero-order valence-electron chi connectivity index (χ0n) is 15.4. The highest BCUT2D eigenvalue weighted by Gasteiger charge is 2.29. The van der Waals surface area contributed by atoms with Gasteiger partial charge in [-0.05, 0) is 51.7 Å². The third-order valence-corrected chi connectivity index (χ3v) is 6.39. The molecule has 2 rings (SSSR count). The second-order valence-corrected chi connectivity index (χ2v) is 8.53. The molecule has 0 amide bonds. The minimum atomic E-state index is -3.38. The largest absolute Gasteiger partial charge is 0.461 e. The van der Waals surface area contributed by atoms with Crippen molar-refractivity contribution >= 4 is 16.0 Å². The Morgan fingerprint density at radius 1 is 1.36 bits per heavy atom. The fraction of sp³-hybridized carbons (Fsp3) is 0.706. The van der Waals surface area contributed by atoms with Crippen LogP contribution < -0.4 is 0 Å². The number of aromatic nitrogens is 1. The molecule has 142 valence electrons. The van der Waals surface area contributed by atoms with Gasteiger partial charge in [-0.1, -0.05) is 0 Å². The molecule has 7 nitrogen and oxygen atoms in total. The van der Waals surface area contributed by atoms with E-state index in [1.807, 2.05) is 13.8 Å². The Balaban J connectivity index is 2.27. The molecule has 0 unspecified atom stereocenters. The average molecular weight is 372 g/mol. The van der Waals surface area contributed by atoms with Gasteiger partial charge in [-0.15, -0.1) is 0 Å². The topological polar surface area (TPSA) is 88.7 Å². The monoisotopic (exact) mass is 372 g/mol. The van der Waals surface area contributed by atoms with E-state index < -0.39 is 16.0 Å². The molecular weight excluding hydrogens is 344 g/mol. The van der Waals surface area contributed by atoms with Crippen LogP contribution in [-0.4, -0.2) is 55.3 Å². The van der Waals surface area contributed by atoms with E-state index in [2.05, 4.69) is 4.98 Å². The molecule has 1 aliphatic rings. The third kappa shape index (κ3) is 4.62. The van der Waals surface area contributed by atoms with Gasteiger partial charge in [-0.2, -0.15) is 4.31 Å². The Hall–Kier alpha value is -1.38. The molecule has 0 spiro atoms. The van der Waals surface area contributed by atoms with Gasteiger partial charge >= 0.3 is 5.97 Å². The molecule has 0 aliphatic carbocycles. The van der Waals surface area contributed by atoms with Crippen LogP contribution in [0.4, 0.5) is 0 Å². The number of sulfonamides is 1. The predicted octanol–water partition coefficient (Wildman–Crippen LogP) is 2.14. The van der Waals surface area contributed by atoms with Crippen molar-refractivity contribution < 1.29 is 22.7 Å². The smallest absolute Gasteiger partial charge is 0.355 e. The number of aryl methyl sites for hydroxylation is 1. The summed E-state index contributed by atoms with van der Waals surface area (Å²) < 4.78 is 37.2. The van der Waals surface area contributed by atoms with Crippen LogP contribution in [0.15, 0.2) is 0 Å². The van der Waals surface area contributed by atoms with Crippen LogP contribution >= 0.6 is 0 Å². The lowest BCUT2D eigenvalue weighted by Crippen LogP contribution is -2.38. The fourth-order valence-electron chi connectivity index (χ4n) is 3.08. The minimum absolute atomic E-state index is 0.0347. The molecule has 1 N–H and O–H groups in total. The fourth-order valence-corrected chi connectivity index (χ4v) is 4.17. The van der Waals surface area contributed by atoms with Crippen LogP contribution in [0.5, 0.6) is 0 Å². The molecule has 0 aromatic carbocycles. The molecule has 2 heterocycles. The number of nitrogens with one attached hydrogen (secondary N) is 1. The molecule has 1 aliphatic heterocycles. The van der Waals surface area contributed by atoms with Crippen LogP contribution in [0.25, 0.3) is 0 Å². The Kier molecular flexibility index (Phi) is 6.65. The zero-order valence-corrected chi connectivity index (χ0v) is 16.2. The number of carbonyl (C=O) groups is 1. The first-order valence-corrected chi connectivity index (χ1v) is 10.4. The standard InChI is InChI=1S/C17H28N2O5S/c1-5-23-17(20)16-12(3)15(13(4)18-16)11-19(25(21,22)6-2)10-14-8-7-9-24-14/h14,18H,5-11H2,1-4H3/t14-/m1/s1. The first-order valence-electron chi connectivity index (χ1n) is 8.74. The van der Waals surface area contributed by atoms with E-state index in [1.165, 1.54) is 4.31 Å². The summed E-state index contributed by atoms with van der Waals surface area (Å²) in [5, 5.41) is 0. The van der Waals surface area contributed by atoms with Crippen molar-refractivity contribution in [2.45, 2.75) is 53.2 Å². The number of hydrogen-bond donors (Lipinski definition) is 1. The minimum Gasteiger partial charge on any atom is -0.461 e. The van der Waals surface area contributed by atoms with E-state index in [-0.39, 0.29) is 18.4 Å². The molecule has 25 heavy (non-hydrogen) atoms. The highest BCUT2D eigenvalue weighted by molar-refractivity contribution is 7.89. The normalized spacial score (nSPS) is 18.0. The van der Waals surface area contributed by atoms with Crippen molar-refractivity contribution in [2.24, 2.45) is 0 Å².